The van der Waals surface area contributed by atoms with Gasteiger partial charge in [0, 0.05) is 30.9 Å². The van der Waals surface area contributed by atoms with Crippen molar-refractivity contribution in [1.82, 2.24) is 19.9 Å². The Hall–Kier alpha value is -1.37. The molecule has 1 atom stereocenters. The Morgan fingerprint density at radius 1 is 1.37 bits per heavy atom. The van der Waals surface area contributed by atoms with Crippen molar-refractivity contribution in [3.63, 3.8) is 0 Å². The molecule has 0 radical (unpaired) electrons. The summed E-state index contributed by atoms with van der Waals surface area (Å²) >= 11 is 1.57. The van der Waals surface area contributed by atoms with Crippen LogP contribution in [0.2, 0.25) is 0 Å². The number of rotatable bonds is 3. The number of likely N-dealkylation sites (tertiary alicyclic amines) is 1. The van der Waals surface area contributed by atoms with Crippen molar-refractivity contribution < 1.29 is 5.11 Å². The molecule has 1 unspecified atom stereocenters. The van der Waals surface area contributed by atoms with Gasteiger partial charge in [-0.15, -0.1) is 11.3 Å². The molecule has 1 fully saturated rings. The Morgan fingerprint density at radius 2 is 2.21 bits per heavy atom. The summed E-state index contributed by atoms with van der Waals surface area (Å²) in [5.41, 5.74) is 1.03. The van der Waals surface area contributed by atoms with Crippen LogP contribution in [0.5, 0.6) is 0 Å². The first-order valence-corrected chi connectivity index (χ1v) is 7.31. The minimum absolute atomic E-state index is 0.190. The minimum atomic E-state index is -0.190. The molecule has 5 nitrogen and oxygen atoms in total. The normalized spacial score (nSPS) is 20.6. The highest BCUT2D eigenvalue weighted by atomic mass is 32.1. The van der Waals surface area contributed by atoms with Crippen molar-refractivity contribution in [3.05, 3.63) is 29.5 Å². The van der Waals surface area contributed by atoms with E-state index in [1.807, 2.05) is 5.38 Å². The fraction of sp³-hybridized carbons (Fsp3) is 0.462. The van der Waals surface area contributed by atoms with Gasteiger partial charge in [-0.25, -0.2) is 15.0 Å². The summed E-state index contributed by atoms with van der Waals surface area (Å²) in [6.45, 7) is 2.57. The number of β-amino-alcohol motifs (C(OH)–C–C–N with tert-alkyl or cyclic N) is 1. The summed E-state index contributed by atoms with van der Waals surface area (Å²) in [5.74, 6) is 0.678. The predicted octanol–water partition coefficient (Wildman–Crippen LogP) is 1.56. The lowest BCUT2D eigenvalue weighted by Gasteiger charge is -2.29. The van der Waals surface area contributed by atoms with E-state index in [1.54, 1.807) is 29.8 Å². The Kier molecular flexibility index (Phi) is 3.82. The number of hydrogen-bond acceptors (Lipinski definition) is 6. The van der Waals surface area contributed by atoms with E-state index in [2.05, 4.69) is 19.9 Å². The highest BCUT2D eigenvalue weighted by molar-refractivity contribution is 7.13. The van der Waals surface area contributed by atoms with Crippen LogP contribution in [-0.2, 0) is 6.54 Å². The van der Waals surface area contributed by atoms with E-state index < -0.39 is 0 Å². The zero-order valence-electron chi connectivity index (χ0n) is 10.6. The highest BCUT2D eigenvalue weighted by Crippen LogP contribution is 2.21. The van der Waals surface area contributed by atoms with Crippen molar-refractivity contribution >= 4 is 11.3 Å². The first kappa shape index (κ1) is 12.7. The molecule has 19 heavy (non-hydrogen) atoms. The molecular weight excluding hydrogens is 260 g/mol. The molecule has 2 aromatic heterocycles. The molecule has 0 aliphatic carbocycles. The van der Waals surface area contributed by atoms with Gasteiger partial charge in [-0.1, -0.05) is 0 Å². The van der Waals surface area contributed by atoms with Crippen LogP contribution < -0.4 is 0 Å². The quantitative estimate of drug-likeness (QED) is 0.921. The summed E-state index contributed by atoms with van der Waals surface area (Å²) in [6, 6.07) is 1.80. The van der Waals surface area contributed by atoms with Crippen molar-refractivity contribution in [2.75, 3.05) is 13.1 Å². The van der Waals surface area contributed by atoms with Crippen LogP contribution in [0.1, 0.15) is 18.5 Å². The van der Waals surface area contributed by atoms with E-state index in [-0.39, 0.29) is 6.10 Å². The number of hydrogen-bond donors (Lipinski definition) is 1. The van der Waals surface area contributed by atoms with Crippen molar-refractivity contribution in [3.8, 4) is 10.8 Å². The number of aliphatic hydroxyl groups is 1. The van der Waals surface area contributed by atoms with E-state index in [1.165, 1.54) is 0 Å². The number of nitrogens with zero attached hydrogens (tertiary/aromatic N) is 4. The summed E-state index contributed by atoms with van der Waals surface area (Å²) < 4.78 is 0. The van der Waals surface area contributed by atoms with Crippen molar-refractivity contribution in [2.24, 2.45) is 0 Å². The Balaban J connectivity index is 1.68. The van der Waals surface area contributed by atoms with Crippen LogP contribution in [0.3, 0.4) is 0 Å². The van der Waals surface area contributed by atoms with Crippen LogP contribution in [0.25, 0.3) is 10.8 Å². The Morgan fingerprint density at radius 3 is 3.00 bits per heavy atom. The topological polar surface area (TPSA) is 62.1 Å². The lowest BCUT2D eigenvalue weighted by atomic mass is 10.1. The molecule has 1 aliphatic rings. The van der Waals surface area contributed by atoms with Crippen LogP contribution >= 0.6 is 11.3 Å². The maximum atomic E-state index is 9.66. The number of thiazole rings is 1. The fourth-order valence-corrected chi connectivity index (χ4v) is 3.05. The molecule has 3 rings (SSSR count). The molecule has 0 saturated carbocycles. The average Bonchev–Trinajstić information content (AvgIpc) is 2.88. The van der Waals surface area contributed by atoms with Gasteiger partial charge in [-0.2, -0.15) is 0 Å². The van der Waals surface area contributed by atoms with E-state index in [0.29, 0.717) is 5.82 Å². The molecule has 2 aromatic rings. The van der Waals surface area contributed by atoms with Crippen LogP contribution in [0, 0.1) is 0 Å². The van der Waals surface area contributed by atoms with Crippen molar-refractivity contribution in [2.45, 2.75) is 25.5 Å². The molecule has 1 saturated heterocycles. The second kappa shape index (κ2) is 5.73. The van der Waals surface area contributed by atoms with E-state index in [0.717, 1.165) is 43.2 Å². The average molecular weight is 276 g/mol. The third-order valence-corrected chi connectivity index (χ3v) is 4.06. The van der Waals surface area contributed by atoms with Crippen molar-refractivity contribution in [1.29, 1.82) is 0 Å². The molecule has 0 aromatic carbocycles. The third kappa shape index (κ3) is 3.15. The second-order valence-corrected chi connectivity index (χ2v) is 5.61. The molecule has 6 heteroatoms. The summed E-state index contributed by atoms with van der Waals surface area (Å²) in [5, 5.41) is 12.6. The zero-order valence-corrected chi connectivity index (χ0v) is 11.4. The Labute approximate surface area is 116 Å². The van der Waals surface area contributed by atoms with Crippen LogP contribution in [0.4, 0.5) is 0 Å². The molecule has 0 amide bonds. The zero-order chi connectivity index (χ0) is 13.1. The van der Waals surface area contributed by atoms with Gasteiger partial charge in [0.15, 0.2) is 10.8 Å². The molecule has 1 N–H and O–H groups in total. The number of piperidine rings is 1. The van der Waals surface area contributed by atoms with Gasteiger partial charge in [-0.05, 0) is 25.5 Å². The van der Waals surface area contributed by atoms with Gasteiger partial charge >= 0.3 is 0 Å². The van der Waals surface area contributed by atoms with Crippen LogP contribution in [-0.4, -0.2) is 44.2 Å². The largest absolute Gasteiger partial charge is 0.392 e. The van der Waals surface area contributed by atoms with Gasteiger partial charge in [0.2, 0.25) is 0 Å². The number of aliphatic hydroxyl groups excluding tert-OH is 1. The monoisotopic (exact) mass is 276 g/mol. The van der Waals surface area contributed by atoms with Gasteiger partial charge in [-0.3, -0.25) is 4.90 Å². The second-order valence-electron chi connectivity index (χ2n) is 4.75. The lowest BCUT2D eigenvalue weighted by Crippen LogP contribution is -2.37. The first-order chi connectivity index (χ1) is 9.31. The highest BCUT2D eigenvalue weighted by Gasteiger charge is 2.18. The smallest absolute Gasteiger partial charge is 0.188 e. The maximum Gasteiger partial charge on any atom is 0.188 e. The summed E-state index contributed by atoms with van der Waals surface area (Å²) in [6.07, 6.45) is 5.23. The number of aromatic nitrogens is 3. The molecule has 3 heterocycles. The minimum Gasteiger partial charge on any atom is -0.392 e. The molecular formula is C13H16N4OS. The Bertz CT molecular complexity index is 530. The van der Waals surface area contributed by atoms with Gasteiger partial charge < -0.3 is 5.11 Å². The standard InChI is InChI=1S/C13H16N4OS/c18-11-3-1-6-17(8-11)7-10-9-19-13(16-10)12-14-4-2-5-15-12/h2,4-5,9,11,18H,1,3,6-8H2. The SMILES string of the molecule is OC1CCCN(Cc2csc(-c3ncccn3)n2)C1. The van der Waals surface area contributed by atoms with Gasteiger partial charge in [0.05, 0.1) is 11.8 Å². The summed E-state index contributed by atoms with van der Waals surface area (Å²) in [7, 11) is 0. The van der Waals surface area contributed by atoms with E-state index in [4.69, 9.17) is 0 Å². The summed E-state index contributed by atoms with van der Waals surface area (Å²) in [4.78, 5) is 15.2. The van der Waals surface area contributed by atoms with Gasteiger partial charge in [0.1, 0.15) is 0 Å². The molecule has 1 aliphatic heterocycles. The van der Waals surface area contributed by atoms with Crippen LogP contribution in [0.15, 0.2) is 23.8 Å². The predicted molar refractivity (Wildman–Crippen MR) is 73.7 cm³/mol. The fourth-order valence-electron chi connectivity index (χ4n) is 2.30. The molecule has 100 valence electrons. The first-order valence-electron chi connectivity index (χ1n) is 6.43. The maximum absolute atomic E-state index is 9.66. The van der Waals surface area contributed by atoms with Gasteiger partial charge in [0.25, 0.3) is 0 Å². The molecule has 0 spiro atoms. The lowest BCUT2D eigenvalue weighted by molar-refractivity contribution is 0.0663. The van der Waals surface area contributed by atoms with E-state index >= 15 is 0 Å². The van der Waals surface area contributed by atoms with E-state index in [9.17, 15) is 5.11 Å². The molecule has 0 bridgehead atoms. The third-order valence-electron chi connectivity index (χ3n) is 3.18.